The maximum absolute atomic E-state index is 13.1. The Labute approximate surface area is 185 Å². The second kappa shape index (κ2) is 7.80. The van der Waals surface area contributed by atoms with Crippen molar-refractivity contribution in [1.29, 1.82) is 0 Å². The number of hydrogen-bond donors (Lipinski definition) is 1. The Morgan fingerprint density at radius 2 is 2.06 bits per heavy atom. The number of alkyl halides is 3. The van der Waals surface area contributed by atoms with Crippen molar-refractivity contribution in [2.45, 2.75) is 41.6 Å². The number of hydrogen-bond acceptors (Lipinski definition) is 5. The summed E-state index contributed by atoms with van der Waals surface area (Å²) >= 11 is 1.11. The maximum Gasteiger partial charge on any atom is 0.416 e. The van der Waals surface area contributed by atoms with Gasteiger partial charge in [-0.05, 0) is 43.2 Å². The first-order valence-corrected chi connectivity index (χ1v) is 11.0. The molecule has 4 heterocycles. The van der Waals surface area contributed by atoms with E-state index in [1.54, 1.807) is 4.90 Å². The highest BCUT2D eigenvalue weighted by molar-refractivity contribution is 8.01. The number of halogens is 3. The summed E-state index contributed by atoms with van der Waals surface area (Å²) < 4.78 is 40.7. The molecule has 2 aliphatic heterocycles. The van der Waals surface area contributed by atoms with Gasteiger partial charge in [-0.3, -0.25) is 14.0 Å². The third-order valence-electron chi connectivity index (χ3n) is 5.70. The molecule has 5 rings (SSSR count). The van der Waals surface area contributed by atoms with Gasteiger partial charge in [-0.2, -0.15) is 13.2 Å². The lowest BCUT2D eigenvalue weighted by molar-refractivity contribution is -0.137. The molecule has 1 fully saturated rings. The Kier molecular flexibility index (Phi) is 5.07. The Morgan fingerprint density at radius 3 is 2.88 bits per heavy atom. The quantitative estimate of drug-likeness (QED) is 0.640. The molecule has 0 spiro atoms. The van der Waals surface area contributed by atoms with Crippen LogP contribution in [0.5, 0.6) is 0 Å². The van der Waals surface area contributed by atoms with Crippen molar-refractivity contribution in [3.05, 3.63) is 54.0 Å². The molecule has 0 radical (unpaired) electrons. The molecule has 0 saturated carbocycles. The Morgan fingerprint density at radius 1 is 1.22 bits per heavy atom. The predicted molar refractivity (Wildman–Crippen MR) is 111 cm³/mol. The molecule has 2 aromatic heterocycles. The largest absolute Gasteiger partial charge is 0.416 e. The molecule has 11 heteroatoms. The van der Waals surface area contributed by atoms with Gasteiger partial charge in [0.25, 0.3) is 0 Å². The monoisotopic (exact) mass is 461 g/mol. The van der Waals surface area contributed by atoms with E-state index >= 15 is 0 Å². The number of pyridine rings is 1. The fraction of sp³-hybridized carbons (Fsp3) is 0.333. The van der Waals surface area contributed by atoms with Gasteiger partial charge in [0.1, 0.15) is 0 Å². The molecular weight excluding hydrogens is 443 g/mol. The van der Waals surface area contributed by atoms with Crippen LogP contribution in [0.15, 0.2) is 47.5 Å². The number of thioether (sulfide) groups is 1. The van der Waals surface area contributed by atoms with Crippen LogP contribution in [0.25, 0.3) is 5.65 Å². The molecule has 2 atom stereocenters. The van der Waals surface area contributed by atoms with Crippen molar-refractivity contribution in [3.63, 3.8) is 0 Å². The maximum atomic E-state index is 13.1. The summed E-state index contributed by atoms with van der Waals surface area (Å²) in [5.41, 5.74) is -0.0153. The van der Waals surface area contributed by atoms with Gasteiger partial charge in [0, 0.05) is 24.1 Å². The molecule has 0 unspecified atom stereocenters. The lowest BCUT2D eigenvalue weighted by Crippen LogP contribution is -2.37. The van der Waals surface area contributed by atoms with Gasteiger partial charge in [-0.15, -0.1) is 22.0 Å². The van der Waals surface area contributed by atoms with E-state index in [0.29, 0.717) is 22.9 Å². The summed E-state index contributed by atoms with van der Waals surface area (Å²) in [7, 11) is 0. The molecule has 2 aliphatic rings. The van der Waals surface area contributed by atoms with Crippen LogP contribution < -0.4 is 5.32 Å². The van der Waals surface area contributed by atoms with E-state index in [4.69, 9.17) is 0 Å². The minimum absolute atomic E-state index is 0.0514. The first kappa shape index (κ1) is 20.8. The Bertz CT molecular complexity index is 1210. The number of likely N-dealkylation sites (tertiary alicyclic amines) is 1. The molecule has 166 valence electrons. The van der Waals surface area contributed by atoms with Crippen molar-refractivity contribution in [2.24, 2.45) is 0 Å². The van der Waals surface area contributed by atoms with Crippen LogP contribution in [0.1, 0.15) is 36.7 Å². The third kappa shape index (κ3) is 3.70. The average molecular weight is 461 g/mol. The predicted octanol–water partition coefficient (Wildman–Crippen LogP) is 3.91. The summed E-state index contributed by atoms with van der Waals surface area (Å²) in [6.45, 7) is 0.551. The normalized spacial score (nSPS) is 21.0. The number of aromatic nitrogens is 3. The van der Waals surface area contributed by atoms with Crippen LogP contribution in [0, 0.1) is 0 Å². The smallest absolute Gasteiger partial charge is 0.332 e. The molecule has 7 nitrogen and oxygen atoms in total. The number of anilines is 1. The fourth-order valence-corrected chi connectivity index (χ4v) is 5.24. The molecule has 2 amide bonds. The molecule has 1 N–H and O–H groups in total. The molecular formula is C21H18F3N5O2S. The number of fused-ring (bicyclic) bond motifs is 2. The molecule has 0 aliphatic carbocycles. The molecule has 32 heavy (non-hydrogen) atoms. The van der Waals surface area contributed by atoms with E-state index in [0.717, 1.165) is 36.7 Å². The summed E-state index contributed by atoms with van der Waals surface area (Å²) in [6.07, 6.45) is -1.14. The van der Waals surface area contributed by atoms with Crippen LogP contribution in [0.4, 0.5) is 18.9 Å². The number of benzene rings is 1. The SMILES string of the molecule is O=C1Nc2cc(C(F)(F)F)ccc2S[C@H]1CC(=O)N1CCC[C@H]1c1nnc2ccccn12. The third-order valence-corrected chi connectivity index (χ3v) is 6.97. The zero-order chi connectivity index (χ0) is 22.5. The van der Waals surface area contributed by atoms with Crippen LogP contribution in [0.3, 0.4) is 0 Å². The minimum Gasteiger partial charge on any atom is -0.332 e. The zero-order valence-electron chi connectivity index (χ0n) is 16.7. The zero-order valence-corrected chi connectivity index (χ0v) is 17.5. The summed E-state index contributed by atoms with van der Waals surface area (Å²) in [5.74, 6) is 0.0132. The highest BCUT2D eigenvalue weighted by Gasteiger charge is 2.38. The Hall–Kier alpha value is -3.08. The molecule has 1 saturated heterocycles. The standard InChI is InChI=1S/C21H18F3N5O2S/c22-21(23,24)12-6-7-15-13(10-12)25-20(31)16(32-15)11-18(30)28-9-3-4-14(28)19-27-26-17-5-1-2-8-29(17)19/h1-2,5-8,10,14,16H,3-4,9,11H2,(H,25,31)/t14-,16-/m0/s1. The van der Waals surface area contributed by atoms with E-state index < -0.39 is 22.9 Å². The van der Waals surface area contributed by atoms with Gasteiger partial charge < -0.3 is 10.2 Å². The van der Waals surface area contributed by atoms with Crippen molar-refractivity contribution in [1.82, 2.24) is 19.5 Å². The van der Waals surface area contributed by atoms with Gasteiger partial charge >= 0.3 is 6.18 Å². The van der Waals surface area contributed by atoms with Crippen molar-refractivity contribution < 1.29 is 22.8 Å². The van der Waals surface area contributed by atoms with E-state index in [2.05, 4.69) is 15.5 Å². The summed E-state index contributed by atoms with van der Waals surface area (Å²) in [5, 5.41) is 10.2. The first-order chi connectivity index (χ1) is 15.3. The number of rotatable bonds is 3. The van der Waals surface area contributed by atoms with Crippen molar-refractivity contribution in [2.75, 3.05) is 11.9 Å². The van der Waals surface area contributed by atoms with Crippen LogP contribution in [-0.2, 0) is 15.8 Å². The van der Waals surface area contributed by atoms with Crippen LogP contribution in [-0.4, -0.2) is 43.1 Å². The summed E-state index contributed by atoms with van der Waals surface area (Å²) in [4.78, 5) is 27.9. The molecule has 1 aromatic carbocycles. The number of amides is 2. The Balaban J connectivity index is 1.33. The van der Waals surface area contributed by atoms with Crippen LogP contribution >= 0.6 is 11.8 Å². The first-order valence-electron chi connectivity index (χ1n) is 10.1. The second-order valence-corrected chi connectivity index (χ2v) is 8.99. The topological polar surface area (TPSA) is 79.6 Å². The average Bonchev–Trinajstić information content (AvgIpc) is 3.40. The molecule has 3 aromatic rings. The van der Waals surface area contributed by atoms with Gasteiger partial charge in [-0.1, -0.05) is 6.07 Å². The van der Waals surface area contributed by atoms with Gasteiger partial charge in [0.2, 0.25) is 11.8 Å². The number of carbonyl (C=O) groups excluding carboxylic acids is 2. The van der Waals surface area contributed by atoms with E-state index in [1.165, 1.54) is 6.07 Å². The second-order valence-electron chi connectivity index (χ2n) is 7.74. The van der Waals surface area contributed by atoms with Crippen LogP contribution in [0.2, 0.25) is 0 Å². The van der Waals surface area contributed by atoms with E-state index in [1.807, 2.05) is 28.8 Å². The van der Waals surface area contributed by atoms with Crippen molar-refractivity contribution in [3.8, 4) is 0 Å². The van der Waals surface area contributed by atoms with Gasteiger partial charge in [0.15, 0.2) is 11.5 Å². The van der Waals surface area contributed by atoms with Gasteiger partial charge in [0.05, 0.1) is 22.5 Å². The molecule has 0 bridgehead atoms. The van der Waals surface area contributed by atoms with E-state index in [-0.39, 0.29) is 24.1 Å². The lowest BCUT2D eigenvalue weighted by atomic mass is 10.1. The summed E-state index contributed by atoms with van der Waals surface area (Å²) in [6, 6.07) is 8.56. The highest BCUT2D eigenvalue weighted by atomic mass is 32.2. The number of nitrogens with zero attached hydrogens (tertiary/aromatic N) is 4. The van der Waals surface area contributed by atoms with E-state index in [9.17, 15) is 22.8 Å². The number of nitrogens with one attached hydrogen (secondary N) is 1. The van der Waals surface area contributed by atoms with Crippen molar-refractivity contribution >= 4 is 34.9 Å². The fourth-order valence-electron chi connectivity index (χ4n) is 4.16. The van der Waals surface area contributed by atoms with Gasteiger partial charge in [-0.25, -0.2) is 0 Å². The number of carbonyl (C=O) groups is 2. The lowest BCUT2D eigenvalue weighted by Gasteiger charge is -2.28. The highest BCUT2D eigenvalue weighted by Crippen LogP contribution is 2.41. The minimum atomic E-state index is -4.49.